The Morgan fingerprint density at radius 2 is 2.00 bits per heavy atom. The molecule has 0 radical (unpaired) electrons. The summed E-state index contributed by atoms with van der Waals surface area (Å²) in [5.74, 6) is 1.26. The van der Waals surface area contributed by atoms with E-state index in [1.54, 1.807) is 6.07 Å². The largest absolute Gasteiger partial charge is 0.384 e. The lowest BCUT2D eigenvalue weighted by Gasteiger charge is -2.28. The third-order valence-corrected chi connectivity index (χ3v) is 4.43. The van der Waals surface area contributed by atoms with Crippen molar-refractivity contribution in [2.45, 2.75) is 64.8 Å². The summed E-state index contributed by atoms with van der Waals surface area (Å²) < 4.78 is 0. The smallest absolute Gasteiger partial charge is 0.251 e. The van der Waals surface area contributed by atoms with Crippen molar-refractivity contribution >= 4 is 11.7 Å². The summed E-state index contributed by atoms with van der Waals surface area (Å²) >= 11 is 0. The Labute approximate surface area is 127 Å². The second-order valence-corrected chi connectivity index (χ2v) is 6.12. The average molecular weight is 289 g/mol. The van der Waals surface area contributed by atoms with Gasteiger partial charge in [-0.05, 0) is 50.2 Å². The number of hydrogen-bond donors (Lipinski definition) is 2. The van der Waals surface area contributed by atoms with Gasteiger partial charge in [0.2, 0.25) is 0 Å². The van der Waals surface area contributed by atoms with Gasteiger partial charge in [-0.15, -0.1) is 0 Å². The number of nitrogens with zero attached hydrogens (tertiary/aromatic N) is 1. The van der Waals surface area contributed by atoms with Crippen LogP contribution < -0.4 is 11.1 Å². The molecule has 116 valence electrons. The van der Waals surface area contributed by atoms with E-state index in [0.29, 0.717) is 17.4 Å². The van der Waals surface area contributed by atoms with E-state index in [9.17, 15) is 4.79 Å². The Morgan fingerprint density at radius 3 is 2.62 bits per heavy atom. The van der Waals surface area contributed by atoms with Crippen LogP contribution >= 0.6 is 0 Å². The Balaban J connectivity index is 1.97. The van der Waals surface area contributed by atoms with Crippen LogP contribution in [0.3, 0.4) is 0 Å². The number of amides is 1. The molecular formula is C17H27N3O. The van der Waals surface area contributed by atoms with Crippen LogP contribution in [-0.4, -0.2) is 16.9 Å². The van der Waals surface area contributed by atoms with Gasteiger partial charge in [-0.1, -0.05) is 26.7 Å². The van der Waals surface area contributed by atoms with Crippen molar-refractivity contribution in [3.63, 3.8) is 0 Å². The molecule has 0 atom stereocenters. The van der Waals surface area contributed by atoms with Crippen LogP contribution in [0.5, 0.6) is 0 Å². The summed E-state index contributed by atoms with van der Waals surface area (Å²) in [5, 5.41) is 3.15. The van der Waals surface area contributed by atoms with Crippen LogP contribution in [0, 0.1) is 5.92 Å². The highest BCUT2D eigenvalue weighted by Crippen LogP contribution is 2.26. The van der Waals surface area contributed by atoms with Crippen molar-refractivity contribution in [3.8, 4) is 0 Å². The maximum atomic E-state index is 12.4. The molecule has 3 N–H and O–H groups in total. The number of aryl methyl sites for hydroxylation is 1. The number of nitrogen functional groups attached to an aromatic ring is 1. The highest BCUT2D eigenvalue weighted by molar-refractivity contribution is 5.95. The minimum absolute atomic E-state index is 0.0126. The summed E-state index contributed by atoms with van der Waals surface area (Å²) in [6.07, 6.45) is 7.73. The SMILES string of the molecule is CCCc1cc(C(=O)NC2CCC(CC)CC2)cc(N)n1. The quantitative estimate of drug-likeness (QED) is 0.873. The Kier molecular flexibility index (Phi) is 5.59. The van der Waals surface area contributed by atoms with Crippen LogP contribution in [0.2, 0.25) is 0 Å². The summed E-state index contributed by atoms with van der Waals surface area (Å²) in [5.41, 5.74) is 7.35. The van der Waals surface area contributed by atoms with Crippen LogP contribution in [0.15, 0.2) is 12.1 Å². The molecule has 0 saturated heterocycles. The van der Waals surface area contributed by atoms with Gasteiger partial charge in [-0.3, -0.25) is 4.79 Å². The molecule has 1 aliphatic rings. The number of anilines is 1. The molecule has 1 amide bonds. The average Bonchev–Trinajstić information content (AvgIpc) is 2.48. The monoisotopic (exact) mass is 289 g/mol. The molecule has 0 spiro atoms. The molecule has 1 aliphatic carbocycles. The molecule has 1 saturated carbocycles. The summed E-state index contributed by atoms with van der Waals surface area (Å²) in [6.45, 7) is 4.34. The topological polar surface area (TPSA) is 68.0 Å². The summed E-state index contributed by atoms with van der Waals surface area (Å²) in [4.78, 5) is 16.6. The van der Waals surface area contributed by atoms with E-state index in [4.69, 9.17) is 5.73 Å². The third kappa shape index (κ3) is 4.45. The normalized spacial score (nSPS) is 22.0. The Bertz CT molecular complexity index is 479. The lowest BCUT2D eigenvalue weighted by atomic mass is 9.84. The van der Waals surface area contributed by atoms with Crippen molar-refractivity contribution < 1.29 is 4.79 Å². The molecule has 21 heavy (non-hydrogen) atoms. The fourth-order valence-corrected chi connectivity index (χ4v) is 3.11. The van der Waals surface area contributed by atoms with E-state index in [1.807, 2.05) is 6.07 Å². The van der Waals surface area contributed by atoms with Gasteiger partial charge in [0.25, 0.3) is 5.91 Å². The molecule has 0 aromatic carbocycles. The number of pyridine rings is 1. The number of nitrogens with two attached hydrogens (primary N) is 1. The number of rotatable bonds is 5. The minimum Gasteiger partial charge on any atom is -0.384 e. The first-order chi connectivity index (χ1) is 10.1. The van der Waals surface area contributed by atoms with Gasteiger partial charge in [-0.2, -0.15) is 0 Å². The number of hydrogen-bond acceptors (Lipinski definition) is 3. The van der Waals surface area contributed by atoms with Gasteiger partial charge in [0.1, 0.15) is 5.82 Å². The van der Waals surface area contributed by atoms with Gasteiger partial charge < -0.3 is 11.1 Å². The van der Waals surface area contributed by atoms with E-state index < -0.39 is 0 Å². The zero-order chi connectivity index (χ0) is 15.2. The van der Waals surface area contributed by atoms with Crippen LogP contribution in [0.4, 0.5) is 5.82 Å². The standard InChI is InChI=1S/C17H27N3O/c1-3-5-15-10-13(11-16(18)19-15)17(21)20-14-8-6-12(4-2)7-9-14/h10-12,14H,3-9H2,1-2H3,(H2,18,19)(H,20,21). The molecule has 0 bridgehead atoms. The molecule has 2 rings (SSSR count). The second kappa shape index (κ2) is 7.43. The molecule has 0 aliphatic heterocycles. The van der Waals surface area contributed by atoms with Gasteiger partial charge in [0.05, 0.1) is 0 Å². The number of carbonyl (C=O) groups excluding carboxylic acids is 1. The zero-order valence-corrected chi connectivity index (χ0v) is 13.2. The maximum absolute atomic E-state index is 12.4. The first-order valence-electron chi connectivity index (χ1n) is 8.19. The van der Waals surface area contributed by atoms with Crippen molar-refractivity contribution in [1.82, 2.24) is 10.3 Å². The van der Waals surface area contributed by atoms with Gasteiger partial charge in [-0.25, -0.2) is 4.98 Å². The van der Waals surface area contributed by atoms with E-state index in [0.717, 1.165) is 37.3 Å². The number of carbonyl (C=O) groups is 1. The second-order valence-electron chi connectivity index (χ2n) is 6.12. The fourth-order valence-electron chi connectivity index (χ4n) is 3.11. The molecule has 1 aromatic heterocycles. The Morgan fingerprint density at radius 1 is 1.29 bits per heavy atom. The van der Waals surface area contributed by atoms with Crippen molar-refractivity contribution in [2.75, 3.05) is 5.73 Å². The first-order valence-corrected chi connectivity index (χ1v) is 8.19. The van der Waals surface area contributed by atoms with Gasteiger partial charge in [0.15, 0.2) is 0 Å². The predicted octanol–water partition coefficient (Wildman–Crippen LogP) is 3.31. The predicted molar refractivity (Wildman–Crippen MR) is 86.1 cm³/mol. The minimum atomic E-state index is -0.0126. The van der Waals surface area contributed by atoms with E-state index in [2.05, 4.69) is 24.1 Å². The van der Waals surface area contributed by atoms with Crippen LogP contribution in [0.25, 0.3) is 0 Å². The lowest BCUT2D eigenvalue weighted by molar-refractivity contribution is 0.0921. The zero-order valence-electron chi connectivity index (χ0n) is 13.2. The van der Waals surface area contributed by atoms with E-state index >= 15 is 0 Å². The fraction of sp³-hybridized carbons (Fsp3) is 0.647. The maximum Gasteiger partial charge on any atom is 0.251 e. The molecule has 0 unspecified atom stereocenters. The van der Waals surface area contributed by atoms with Crippen molar-refractivity contribution in [1.29, 1.82) is 0 Å². The van der Waals surface area contributed by atoms with Crippen LogP contribution in [-0.2, 0) is 6.42 Å². The van der Waals surface area contributed by atoms with Gasteiger partial charge in [0, 0.05) is 17.3 Å². The van der Waals surface area contributed by atoms with E-state index in [1.165, 1.54) is 19.3 Å². The lowest BCUT2D eigenvalue weighted by Crippen LogP contribution is -2.37. The number of nitrogens with one attached hydrogen (secondary N) is 1. The molecule has 1 fully saturated rings. The molecule has 1 aromatic rings. The van der Waals surface area contributed by atoms with Gasteiger partial charge >= 0.3 is 0 Å². The summed E-state index contributed by atoms with van der Waals surface area (Å²) in [6, 6.07) is 3.85. The highest BCUT2D eigenvalue weighted by atomic mass is 16.1. The highest BCUT2D eigenvalue weighted by Gasteiger charge is 2.22. The molecule has 4 heteroatoms. The Hall–Kier alpha value is -1.58. The molecular weight excluding hydrogens is 262 g/mol. The van der Waals surface area contributed by atoms with Crippen LogP contribution in [0.1, 0.15) is 68.4 Å². The summed E-state index contributed by atoms with van der Waals surface area (Å²) in [7, 11) is 0. The third-order valence-electron chi connectivity index (χ3n) is 4.43. The molecule has 1 heterocycles. The number of aromatic nitrogens is 1. The first kappa shape index (κ1) is 15.8. The van der Waals surface area contributed by atoms with Crippen molar-refractivity contribution in [3.05, 3.63) is 23.4 Å². The van der Waals surface area contributed by atoms with E-state index in [-0.39, 0.29) is 5.91 Å². The molecule has 4 nitrogen and oxygen atoms in total. The van der Waals surface area contributed by atoms with Crippen molar-refractivity contribution in [2.24, 2.45) is 5.92 Å².